The number of halogens is 1. The Kier molecular flexibility index (Phi) is 9.63. The van der Waals surface area contributed by atoms with Gasteiger partial charge < -0.3 is 15.0 Å². The molecule has 2 amide bonds. The molecule has 39 heavy (non-hydrogen) atoms. The smallest absolute Gasteiger partial charge is 0.264 e. The fourth-order valence-corrected chi connectivity index (χ4v) is 5.46. The van der Waals surface area contributed by atoms with Crippen molar-refractivity contribution in [1.29, 1.82) is 0 Å². The van der Waals surface area contributed by atoms with Gasteiger partial charge in [0, 0.05) is 17.1 Å². The van der Waals surface area contributed by atoms with E-state index >= 15 is 0 Å². The molecular weight excluding hydrogens is 538 g/mol. The van der Waals surface area contributed by atoms with Crippen molar-refractivity contribution in [1.82, 2.24) is 10.2 Å². The van der Waals surface area contributed by atoms with Crippen LogP contribution in [0.3, 0.4) is 0 Å². The first kappa shape index (κ1) is 30.0. The molecular formula is C29H34ClN3O5S. The molecule has 1 N–H and O–H groups in total. The molecule has 0 unspecified atom stereocenters. The average Bonchev–Trinajstić information content (AvgIpc) is 2.89. The predicted octanol–water partition coefficient (Wildman–Crippen LogP) is 4.88. The van der Waals surface area contributed by atoms with E-state index in [1.807, 2.05) is 51.1 Å². The molecule has 0 aliphatic rings. The van der Waals surface area contributed by atoms with Gasteiger partial charge in [0.15, 0.2) is 0 Å². The van der Waals surface area contributed by atoms with Crippen LogP contribution in [0.5, 0.6) is 5.75 Å². The van der Waals surface area contributed by atoms with Crippen LogP contribution in [0.25, 0.3) is 0 Å². The van der Waals surface area contributed by atoms with E-state index in [0.29, 0.717) is 10.8 Å². The molecule has 8 nitrogen and oxygen atoms in total. The van der Waals surface area contributed by atoms with Crippen molar-refractivity contribution in [3.8, 4) is 5.75 Å². The fraction of sp³-hybridized carbons (Fsp3) is 0.310. The zero-order valence-corrected chi connectivity index (χ0v) is 24.3. The molecule has 0 saturated carbocycles. The monoisotopic (exact) mass is 571 g/mol. The van der Waals surface area contributed by atoms with Crippen LogP contribution in [0.4, 0.5) is 5.69 Å². The van der Waals surface area contributed by atoms with Gasteiger partial charge in [0.05, 0.1) is 17.7 Å². The first-order chi connectivity index (χ1) is 18.3. The number of carbonyl (C=O) groups is 2. The summed E-state index contributed by atoms with van der Waals surface area (Å²) in [7, 11) is -2.72. The Labute approximate surface area is 235 Å². The number of ether oxygens (including phenoxy) is 1. The van der Waals surface area contributed by atoms with E-state index in [1.165, 1.54) is 42.3 Å². The van der Waals surface area contributed by atoms with E-state index in [4.69, 9.17) is 16.3 Å². The molecule has 3 aromatic rings. The van der Waals surface area contributed by atoms with Crippen molar-refractivity contribution >= 4 is 39.1 Å². The summed E-state index contributed by atoms with van der Waals surface area (Å²) in [5.74, 6) is -0.404. The van der Waals surface area contributed by atoms with Crippen molar-refractivity contribution in [2.75, 3.05) is 18.0 Å². The topological polar surface area (TPSA) is 96.0 Å². The Morgan fingerprint density at radius 2 is 1.62 bits per heavy atom. The minimum atomic E-state index is -4.20. The molecule has 0 aromatic heterocycles. The molecule has 0 bridgehead atoms. The second-order valence-electron chi connectivity index (χ2n) is 10.1. The lowest BCUT2D eigenvalue weighted by Gasteiger charge is -2.33. The third kappa shape index (κ3) is 7.97. The Morgan fingerprint density at radius 1 is 0.974 bits per heavy atom. The van der Waals surface area contributed by atoms with Gasteiger partial charge in [-0.25, -0.2) is 8.42 Å². The molecule has 0 aliphatic heterocycles. The Hall–Kier alpha value is -3.56. The average molecular weight is 572 g/mol. The van der Waals surface area contributed by atoms with Gasteiger partial charge in [-0.3, -0.25) is 13.9 Å². The number of amides is 2. The maximum atomic E-state index is 13.9. The highest BCUT2D eigenvalue weighted by Gasteiger charge is 2.33. The van der Waals surface area contributed by atoms with Gasteiger partial charge >= 0.3 is 0 Å². The Morgan fingerprint density at radius 3 is 2.18 bits per heavy atom. The Balaban J connectivity index is 2.03. The zero-order valence-electron chi connectivity index (χ0n) is 22.7. The SMILES string of the molecule is COc1ccc(S(=O)(=O)N(CC(=O)N(Cc2ccccc2)[C@H](C)C(=O)NC(C)(C)C)c2cccc(Cl)c2)cc1. The van der Waals surface area contributed by atoms with E-state index in [1.54, 1.807) is 25.1 Å². The second-order valence-corrected chi connectivity index (χ2v) is 12.4. The van der Waals surface area contributed by atoms with Crippen LogP contribution in [0, 0.1) is 0 Å². The molecule has 3 aromatic carbocycles. The largest absolute Gasteiger partial charge is 0.497 e. The highest BCUT2D eigenvalue weighted by atomic mass is 35.5. The number of benzene rings is 3. The normalized spacial score (nSPS) is 12.4. The van der Waals surface area contributed by atoms with Crippen molar-refractivity contribution in [3.05, 3.63) is 89.4 Å². The van der Waals surface area contributed by atoms with E-state index in [2.05, 4.69) is 5.32 Å². The number of carbonyl (C=O) groups excluding carboxylic acids is 2. The third-order valence-corrected chi connectivity index (χ3v) is 7.91. The maximum Gasteiger partial charge on any atom is 0.264 e. The molecule has 10 heteroatoms. The third-order valence-electron chi connectivity index (χ3n) is 5.88. The number of nitrogens with zero attached hydrogens (tertiary/aromatic N) is 2. The molecule has 0 radical (unpaired) electrons. The number of hydrogen-bond donors (Lipinski definition) is 1. The number of hydrogen-bond acceptors (Lipinski definition) is 5. The highest BCUT2D eigenvalue weighted by Crippen LogP contribution is 2.28. The van der Waals surface area contributed by atoms with Crippen LogP contribution in [0.15, 0.2) is 83.8 Å². The minimum Gasteiger partial charge on any atom is -0.497 e. The molecule has 0 aliphatic carbocycles. The number of anilines is 1. The predicted molar refractivity (Wildman–Crippen MR) is 153 cm³/mol. The lowest BCUT2D eigenvalue weighted by molar-refractivity contribution is -0.140. The molecule has 0 spiro atoms. The number of sulfonamides is 1. The number of methoxy groups -OCH3 is 1. The van der Waals surface area contributed by atoms with E-state index in [-0.39, 0.29) is 23.0 Å². The van der Waals surface area contributed by atoms with E-state index < -0.39 is 34.1 Å². The lowest BCUT2D eigenvalue weighted by atomic mass is 10.1. The van der Waals surface area contributed by atoms with Crippen molar-refractivity contribution < 1.29 is 22.7 Å². The molecule has 208 valence electrons. The summed E-state index contributed by atoms with van der Waals surface area (Å²) < 4.78 is 33.9. The highest BCUT2D eigenvalue weighted by molar-refractivity contribution is 7.92. The summed E-state index contributed by atoms with van der Waals surface area (Å²) in [6.07, 6.45) is 0. The molecule has 3 rings (SSSR count). The van der Waals surface area contributed by atoms with Crippen LogP contribution >= 0.6 is 11.6 Å². The van der Waals surface area contributed by atoms with Crippen molar-refractivity contribution in [2.45, 2.75) is 50.7 Å². The fourth-order valence-electron chi connectivity index (χ4n) is 3.87. The summed E-state index contributed by atoms with van der Waals surface area (Å²) in [6.45, 7) is 6.75. The van der Waals surface area contributed by atoms with Gasteiger partial charge in [0.1, 0.15) is 18.3 Å². The van der Waals surface area contributed by atoms with E-state index in [0.717, 1.165) is 9.87 Å². The first-order valence-corrected chi connectivity index (χ1v) is 14.2. The van der Waals surface area contributed by atoms with Gasteiger partial charge in [0.25, 0.3) is 10.0 Å². The molecule has 0 heterocycles. The number of nitrogens with one attached hydrogen (secondary N) is 1. The van der Waals surface area contributed by atoms with Crippen LogP contribution in [0.2, 0.25) is 5.02 Å². The summed E-state index contributed by atoms with van der Waals surface area (Å²) in [5.41, 5.74) is 0.504. The summed E-state index contributed by atoms with van der Waals surface area (Å²) >= 11 is 6.20. The second kappa shape index (κ2) is 12.5. The van der Waals surface area contributed by atoms with Crippen LogP contribution in [0.1, 0.15) is 33.3 Å². The number of rotatable bonds is 10. The van der Waals surface area contributed by atoms with Crippen LogP contribution < -0.4 is 14.4 Å². The van der Waals surface area contributed by atoms with Crippen molar-refractivity contribution in [3.63, 3.8) is 0 Å². The summed E-state index contributed by atoms with van der Waals surface area (Å²) in [5, 5.41) is 3.22. The van der Waals surface area contributed by atoms with Gasteiger partial charge in [-0.15, -0.1) is 0 Å². The van der Waals surface area contributed by atoms with Crippen LogP contribution in [-0.4, -0.2) is 50.4 Å². The Bertz CT molecular complexity index is 1390. The first-order valence-electron chi connectivity index (χ1n) is 12.4. The maximum absolute atomic E-state index is 13.9. The summed E-state index contributed by atoms with van der Waals surface area (Å²) in [6, 6.07) is 20.5. The standard InChI is InChI=1S/C29H34ClN3O5S/c1-21(28(35)31-29(2,3)4)32(19-22-10-7-6-8-11-22)27(34)20-33(24-13-9-12-23(30)18-24)39(36,37)26-16-14-25(38-5)15-17-26/h6-18,21H,19-20H2,1-5H3,(H,31,35)/t21-/m1/s1. The molecule has 0 fully saturated rings. The van der Waals surface area contributed by atoms with Gasteiger partial charge in [-0.2, -0.15) is 0 Å². The minimum absolute atomic E-state index is 0.0239. The summed E-state index contributed by atoms with van der Waals surface area (Å²) in [4.78, 5) is 28.4. The lowest BCUT2D eigenvalue weighted by Crippen LogP contribution is -2.54. The zero-order chi connectivity index (χ0) is 28.8. The molecule has 0 saturated heterocycles. The quantitative estimate of drug-likeness (QED) is 0.374. The van der Waals surface area contributed by atoms with Crippen molar-refractivity contribution in [2.24, 2.45) is 0 Å². The van der Waals surface area contributed by atoms with Crippen LogP contribution in [-0.2, 0) is 26.2 Å². The van der Waals surface area contributed by atoms with Gasteiger partial charge in [-0.1, -0.05) is 48.0 Å². The molecule has 1 atom stereocenters. The van der Waals surface area contributed by atoms with E-state index in [9.17, 15) is 18.0 Å². The van der Waals surface area contributed by atoms with Gasteiger partial charge in [-0.05, 0) is 75.7 Å². The van der Waals surface area contributed by atoms with Gasteiger partial charge in [0.2, 0.25) is 11.8 Å².